The minimum absolute atomic E-state index is 0.698. The molecule has 5 heteroatoms. The van der Waals surface area contributed by atoms with Crippen molar-refractivity contribution in [2.75, 3.05) is 45.9 Å². The molecule has 0 spiro atoms. The van der Waals surface area contributed by atoms with Crippen LogP contribution in [-0.2, 0) is 6.54 Å². The lowest BCUT2D eigenvalue weighted by Crippen LogP contribution is -2.21. The van der Waals surface area contributed by atoms with E-state index in [2.05, 4.69) is 24.3 Å². The Morgan fingerprint density at radius 3 is 2.60 bits per heavy atom. The summed E-state index contributed by atoms with van der Waals surface area (Å²) >= 11 is 1.86. The summed E-state index contributed by atoms with van der Waals surface area (Å²) in [5, 5.41) is 0. The third kappa shape index (κ3) is 3.96. The first-order chi connectivity index (χ1) is 9.74. The number of hydrogen-bond donors (Lipinski definition) is 0. The number of hydrogen-bond acceptors (Lipinski definition) is 5. The zero-order valence-corrected chi connectivity index (χ0v) is 13.3. The lowest BCUT2D eigenvalue weighted by Gasteiger charge is -2.19. The summed E-state index contributed by atoms with van der Waals surface area (Å²) in [6.07, 6.45) is 3.04. The van der Waals surface area contributed by atoms with Gasteiger partial charge in [0.25, 0.3) is 0 Å². The summed E-state index contributed by atoms with van der Waals surface area (Å²) in [5.41, 5.74) is 1.14. The van der Waals surface area contributed by atoms with Gasteiger partial charge in [-0.05, 0) is 19.4 Å². The van der Waals surface area contributed by atoms with Crippen molar-refractivity contribution in [1.82, 2.24) is 4.90 Å². The van der Waals surface area contributed by atoms with Gasteiger partial charge in [0.2, 0.25) is 0 Å². The summed E-state index contributed by atoms with van der Waals surface area (Å²) in [6.45, 7) is 3.31. The molecular weight excluding hydrogens is 274 g/mol. The summed E-state index contributed by atoms with van der Waals surface area (Å²) in [4.78, 5) is 2.29. The SMILES string of the molecule is COc1cc2c(cc1CN(C)CCSC)OCCCO2. The minimum Gasteiger partial charge on any atom is -0.496 e. The van der Waals surface area contributed by atoms with Gasteiger partial charge < -0.3 is 19.1 Å². The van der Waals surface area contributed by atoms with Crippen LogP contribution in [0.5, 0.6) is 17.2 Å². The molecule has 1 aliphatic heterocycles. The topological polar surface area (TPSA) is 30.9 Å². The summed E-state index contributed by atoms with van der Waals surface area (Å²) in [5.74, 6) is 3.61. The van der Waals surface area contributed by atoms with Crippen LogP contribution >= 0.6 is 11.8 Å². The van der Waals surface area contributed by atoms with Gasteiger partial charge in [0.1, 0.15) is 5.75 Å². The lowest BCUT2D eigenvalue weighted by molar-refractivity contribution is 0.296. The maximum Gasteiger partial charge on any atom is 0.164 e. The molecule has 0 unspecified atom stereocenters. The van der Waals surface area contributed by atoms with Crippen LogP contribution in [-0.4, -0.2) is 50.8 Å². The second kappa shape index (κ2) is 7.64. The number of rotatable bonds is 6. The second-order valence-corrected chi connectivity index (χ2v) is 5.88. The van der Waals surface area contributed by atoms with Crippen LogP contribution in [0.1, 0.15) is 12.0 Å². The normalized spacial score (nSPS) is 14.2. The Morgan fingerprint density at radius 2 is 1.95 bits per heavy atom. The number of benzene rings is 1. The van der Waals surface area contributed by atoms with Crippen LogP contribution in [0.15, 0.2) is 12.1 Å². The zero-order chi connectivity index (χ0) is 14.4. The summed E-state index contributed by atoms with van der Waals surface area (Å²) < 4.78 is 16.9. The van der Waals surface area contributed by atoms with E-state index in [0.717, 1.165) is 48.1 Å². The molecule has 0 atom stereocenters. The van der Waals surface area contributed by atoms with Gasteiger partial charge in [0.15, 0.2) is 11.5 Å². The highest BCUT2D eigenvalue weighted by Crippen LogP contribution is 2.36. The van der Waals surface area contributed by atoms with Crippen molar-refractivity contribution in [3.63, 3.8) is 0 Å². The Balaban J connectivity index is 2.16. The third-order valence-corrected chi connectivity index (χ3v) is 3.86. The van der Waals surface area contributed by atoms with Gasteiger partial charge in [-0.3, -0.25) is 0 Å². The quantitative estimate of drug-likeness (QED) is 0.805. The third-order valence-electron chi connectivity index (χ3n) is 3.27. The molecule has 0 fully saturated rings. The zero-order valence-electron chi connectivity index (χ0n) is 12.5. The van der Waals surface area contributed by atoms with E-state index in [1.807, 2.05) is 17.8 Å². The highest BCUT2D eigenvalue weighted by molar-refractivity contribution is 7.98. The van der Waals surface area contributed by atoms with E-state index in [-0.39, 0.29) is 0 Å². The van der Waals surface area contributed by atoms with Gasteiger partial charge in [0.05, 0.1) is 20.3 Å². The number of nitrogens with zero attached hydrogens (tertiary/aromatic N) is 1. The van der Waals surface area contributed by atoms with E-state index < -0.39 is 0 Å². The molecule has 20 heavy (non-hydrogen) atoms. The molecular formula is C15H23NO3S. The summed E-state index contributed by atoms with van der Waals surface area (Å²) in [7, 11) is 3.82. The van der Waals surface area contributed by atoms with Gasteiger partial charge >= 0.3 is 0 Å². The van der Waals surface area contributed by atoms with E-state index in [1.54, 1.807) is 7.11 Å². The van der Waals surface area contributed by atoms with Crippen LogP contribution < -0.4 is 14.2 Å². The lowest BCUT2D eigenvalue weighted by atomic mass is 10.1. The molecule has 0 radical (unpaired) electrons. The fraction of sp³-hybridized carbons (Fsp3) is 0.600. The maximum atomic E-state index is 5.75. The molecule has 1 heterocycles. The number of thioether (sulfide) groups is 1. The fourth-order valence-electron chi connectivity index (χ4n) is 2.16. The Kier molecular flexibility index (Phi) is 5.86. The van der Waals surface area contributed by atoms with Gasteiger partial charge in [-0.15, -0.1) is 0 Å². The van der Waals surface area contributed by atoms with Crippen LogP contribution in [0.4, 0.5) is 0 Å². The van der Waals surface area contributed by atoms with Crippen molar-refractivity contribution in [3.8, 4) is 17.2 Å². The van der Waals surface area contributed by atoms with Gasteiger partial charge in [0, 0.05) is 36.9 Å². The number of ether oxygens (including phenoxy) is 3. The molecule has 0 aromatic heterocycles. The van der Waals surface area contributed by atoms with Crippen molar-refractivity contribution < 1.29 is 14.2 Å². The largest absolute Gasteiger partial charge is 0.496 e. The van der Waals surface area contributed by atoms with Crippen LogP contribution in [0.25, 0.3) is 0 Å². The molecule has 1 aromatic carbocycles. The Hall–Kier alpha value is -1.07. The molecule has 0 amide bonds. The predicted octanol–water partition coefficient (Wildman–Crippen LogP) is 2.65. The smallest absolute Gasteiger partial charge is 0.164 e. The first-order valence-corrected chi connectivity index (χ1v) is 8.28. The van der Waals surface area contributed by atoms with Crippen LogP contribution in [0.3, 0.4) is 0 Å². The Morgan fingerprint density at radius 1 is 1.25 bits per heavy atom. The van der Waals surface area contributed by atoms with Crippen LogP contribution in [0.2, 0.25) is 0 Å². The minimum atomic E-state index is 0.698. The highest BCUT2D eigenvalue weighted by atomic mass is 32.2. The molecule has 0 bridgehead atoms. The van der Waals surface area contributed by atoms with Crippen molar-refractivity contribution in [2.45, 2.75) is 13.0 Å². The van der Waals surface area contributed by atoms with E-state index in [1.165, 1.54) is 0 Å². The predicted molar refractivity (Wildman–Crippen MR) is 83.3 cm³/mol. The van der Waals surface area contributed by atoms with E-state index in [9.17, 15) is 0 Å². The van der Waals surface area contributed by atoms with E-state index in [0.29, 0.717) is 13.2 Å². The molecule has 2 rings (SSSR count). The summed E-state index contributed by atoms with van der Waals surface area (Å²) in [6, 6.07) is 3.99. The van der Waals surface area contributed by atoms with Crippen molar-refractivity contribution in [3.05, 3.63) is 17.7 Å². The van der Waals surface area contributed by atoms with Crippen LogP contribution in [0, 0.1) is 0 Å². The van der Waals surface area contributed by atoms with Gasteiger partial charge in [-0.1, -0.05) is 0 Å². The standard InChI is InChI=1S/C15H23NO3S/c1-16(5-8-20-3)11-12-9-14-15(10-13(12)17-2)19-7-4-6-18-14/h9-10H,4-8,11H2,1-3H3. The first-order valence-electron chi connectivity index (χ1n) is 6.88. The monoisotopic (exact) mass is 297 g/mol. The molecule has 4 nitrogen and oxygen atoms in total. The molecule has 0 N–H and O–H groups in total. The molecule has 1 aromatic rings. The Bertz CT molecular complexity index is 439. The van der Waals surface area contributed by atoms with Gasteiger partial charge in [-0.25, -0.2) is 0 Å². The molecule has 112 valence electrons. The van der Waals surface area contributed by atoms with Gasteiger partial charge in [-0.2, -0.15) is 11.8 Å². The molecule has 1 aliphatic rings. The van der Waals surface area contributed by atoms with Crippen molar-refractivity contribution in [2.24, 2.45) is 0 Å². The molecule has 0 aliphatic carbocycles. The average Bonchev–Trinajstić information content (AvgIpc) is 2.68. The van der Waals surface area contributed by atoms with E-state index in [4.69, 9.17) is 14.2 Å². The maximum absolute atomic E-state index is 5.75. The van der Waals surface area contributed by atoms with Crippen molar-refractivity contribution in [1.29, 1.82) is 0 Å². The fourth-order valence-corrected chi connectivity index (χ4v) is 2.66. The number of fused-ring (bicyclic) bond motifs is 1. The molecule has 0 saturated carbocycles. The Labute approximate surface area is 125 Å². The number of methoxy groups -OCH3 is 1. The first kappa shape index (κ1) is 15.3. The molecule has 0 saturated heterocycles. The second-order valence-electron chi connectivity index (χ2n) is 4.89. The average molecular weight is 297 g/mol. The highest BCUT2D eigenvalue weighted by Gasteiger charge is 2.16. The van der Waals surface area contributed by atoms with E-state index >= 15 is 0 Å². The van der Waals surface area contributed by atoms with Crippen molar-refractivity contribution >= 4 is 11.8 Å².